The van der Waals surface area contributed by atoms with Crippen LogP contribution in [0.2, 0.25) is 0 Å². The summed E-state index contributed by atoms with van der Waals surface area (Å²) in [4.78, 5) is 0. The van der Waals surface area contributed by atoms with E-state index >= 15 is 0 Å². The summed E-state index contributed by atoms with van der Waals surface area (Å²) in [5.74, 6) is 0. The van der Waals surface area contributed by atoms with Crippen molar-refractivity contribution in [2.45, 2.75) is 11.9 Å². The van der Waals surface area contributed by atoms with E-state index in [4.69, 9.17) is 16.9 Å². The van der Waals surface area contributed by atoms with Gasteiger partial charge in [0.2, 0.25) is 0 Å². The van der Waals surface area contributed by atoms with Gasteiger partial charge in [-0.3, -0.25) is 0 Å². The van der Waals surface area contributed by atoms with Crippen LogP contribution in [0.4, 0.5) is 0 Å². The molecule has 1 aromatic rings. The predicted molar refractivity (Wildman–Crippen MR) is 51.1 cm³/mol. The minimum absolute atomic E-state index is 0. The molecule has 0 bridgehead atoms. The van der Waals surface area contributed by atoms with Gasteiger partial charge in [0.1, 0.15) is 0 Å². The zero-order chi connectivity index (χ0) is 9.35. The van der Waals surface area contributed by atoms with Crippen molar-refractivity contribution in [3.05, 3.63) is 23.9 Å². The normalized spacial score (nSPS) is 10.7. The van der Waals surface area contributed by atoms with Gasteiger partial charge in [-0.25, -0.2) is 13.6 Å². The van der Waals surface area contributed by atoms with Gasteiger partial charge in [0.25, 0.3) is 21.8 Å². The monoisotopic (exact) mass is 231 g/mol. The molecule has 0 unspecified atom stereocenters. The Kier molecular flexibility index (Phi) is 4.85. The maximum absolute atomic E-state index is 10.8. The predicted octanol–water partition coefficient (Wildman–Crippen LogP) is -0.717. The Hall–Kier alpha value is 0.350. The second-order valence-corrected chi connectivity index (χ2v) is 4.27. The molecule has 0 aliphatic carbocycles. The zero-order valence-electron chi connectivity index (χ0n) is 6.36. The summed E-state index contributed by atoms with van der Waals surface area (Å²) < 4.78 is 22.6. The van der Waals surface area contributed by atoms with E-state index in [0.717, 1.165) is 9.65 Å². The fraction of sp³-hybridized carbons (Fsp3) is 0.167. The second kappa shape index (κ2) is 4.72. The van der Waals surface area contributed by atoms with Crippen LogP contribution >= 0.6 is 11.8 Å². The number of rotatable bonds is 1. The third-order valence-electron chi connectivity index (χ3n) is 1.31. The molecule has 0 fully saturated rings. The Bertz CT molecular complexity index is 407. The van der Waals surface area contributed by atoms with Crippen LogP contribution in [-0.4, -0.2) is 38.0 Å². The van der Waals surface area contributed by atoms with E-state index in [1.807, 2.05) is 0 Å². The third-order valence-corrected chi connectivity index (χ3v) is 2.60. The van der Waals surface area contributed by atoms with Crippen molar-refractivity contribution in [3.63, 3.8) is 0 Å². The molecule has 0 saturated heterocycles. The van der Waals surface area contributed by atoms with Crippen molar-refractivity contribution in [1.29, 1.82) is 0 Å². The number of hydrogen-bond acceptors (Lipinski definition) is 2. The van der Waals surface area contributed by atoms with E-state index in [9.17, 15) is 8.42 Å². The van der Waals surface area contributed by atoms with Crippen LogP contribution < -0.4 is 9.23 Å². The number of halogens is 1. The van der Waals surface area contributed by atoms with Crippen molar-refractivity contribution in [2.24, 2.45) is 5.14 Å². The maximum atomic E-state index is 10.8. The topological polar surface area (TPSA) is 64.0 Å². The fourth-order valence-corrected chi connectivity index (χ4v) is 1.83. The molecular formula is C6H9ClN2NaO2S+. The van der Waals surface area contributed by atoms with Crippen LogP contribution in [0.15, 0.2) is 23.4 Å². The Morgan fingerprint density at radius 1 is 1.46 bits per heavy atom. The quantitative estimate of drug-likeness (QED) is 0.649. The van der Waals surface area contributed by atoms with Gasteiger partial charge >= 0.3 is 34.6 Å². The molecule has 4 nitrogen and oxygen atoms in total. The van der Waals surface area contributed by atoms with Gasteiger partial charge in [-0.05, 0) is 13.0 Å². The van der Waals surface area contributed by atoms with E-state index in [0.29, 0.717) is 0 Å². The molecule has 0 spiro atoms. The molecule has 7 heteroatoms. The van der Waals surface area contributed by atoms with Gasteiger partial charge in [0.15, 0.2) is 6.20 Å². The van der Waals surface area contributed by atoms with Crippen molar-refractivity contribution >= 4 is 51.4 Å². The average molecular weight is 232 g/mol. The summed E-state index contributed by atoms with van der Waals surface area (Å²) in [6.45, 7) is 1.80. The molecule has 0 amide bonds. The Morgan fingerprint density at radius 3 is 2.38 bits per heavy atom. The molecule has 0 aliphatic rings. The summed E-state index contributed by atoms with van der Waals surface area (Å²) in [6.07, 6.45) is 1.47. The Labute approximate surface area is 104 Å². The molecular weight excluding hydrogens is 223 g/mol. The van der Waals surface area contributed by atoms with Gasteiger partial charge in [-0.2, -0.15) is 0 Å². The summed E-state index contributed by atoms with van der Waals surface area (Å²) >= 11 is 5.57. The van der Waals surface area contributed by atoms with Crippen LogP contribution in [0.3, 0.4) is 0 Å². The van der Waals surface area contributed by atoms with Crippen LogP contribution in [0.1, 0.15) is 5.56 Å². The molecule has 1 aromatic heterocycles. The van der Waals surface area contributed by atoms with Crippen molar-refractivity contribution in [1.82, 2.24) is 0 Å². The van der Waals surface area contributed by atoms with E-state index in [1.54, 1.807) is 13.0 Å². The molecule has 0 atom stereocenters. The third kappa shape index (κ3) is 3.53. The van der Waals surface area contributed by atoms with Crippen LogP contribution in [0.5, 0.6) is 0 Å². The van der Waals surface area contributed by atoms with Crippen LogP contribution in [0.25, 0.3) is 0 Å². The summed E-state index contributed by atoms with van der Waals surface area (Å²) in [5, 5.41) is 4.76. The van der Waals surface area contributed by atoms with E-state index in [2.05, 4.69) is 0 Å². The first-order valence-electron chi connectivity index (χ1n) is 3.12. The number of primary sulfonamides is 1. The van der Waals surface area contributed by atoms with Gasteiger partial charge < -0.3 is 0 Å². The Balaban J connectivity index is 0.00000144. The Morgan fingerprint density at radius 2 is 2.00 bits per heavy atom. The van der Waals surface area contributed by atoms with Crippen LogP contribution in [0, 0.1) is 6.92 Å². The summed E-state index contributed by atoms with van der Waals surface area (Å²) in [7, 11) is -3.72. The number of aromatic nitrogens is 1. The molecule has 13 heavy (non-hydrogen) atoms. The molecule has 1 heterocycles. The number of nitrogens with zero attached hydrogens (tertiary/aromatic N) is 1. The first-order chi connectivity index (χ1) is 5.41. The second-order valence-electron chi connectivity index (χ2n) is 2.40. The first kappa shape index (κ1) is 13.4. The van der Waals surface area contributed by atoms with Gasteiger partial charge in [-0.1, -0.05) is 4.09 Å². The first-order valence-corrected chi connectivity index (χ1v) is 5.01. The molecule has 0 radical (unpaired) electrons. The molecule has 68 valence electrons. The molecule has 0 aliphatic heterocycles. The van der Waals surface area contributed by atoms with Gasteiger partial charge in [0.05, 0.1) is 0 Å². The standard InChI is InChI=1S/C6H8ClN2O2S.Na.H/c1-5-2-3-6(9(7)4-5)12(8,10)11;;/h2-4H,1H3,(H2,8,10,11);;/q+1;;. The van der Waals surface area contributed by atoms with Gasteiger partial charge in [0, 0.05) is 11.6 Å². The van der Waals surface area contributed by atoms with Gasteiger partial charge in [-0.15, -0.1) is 0 Å². The molecule has 0 saturated carbocycles. The number of nitrogens with two attached hydrogens (primary N) is 1. The van der Waals surface area contributed by atoms with Crippen molar-refractivity contribution in [3.8, 4) is 0 Å². The molecule has 2 N–H and O–H groups in total. The molecule has 1 rings (SSSR count). The molecule has 0 aromatic carbocycles. The summed E-state index contributed by atoms with van der Waals surface area (Å²) in [5.41, 5.74) is 0.859. The van der Waals surface area contributed by atoms with E-state index < -0.39 is 10.0 Å². The summed E-state index contributed by atoms with van der Waals surface area (Å²) in [6, 6.07) is 2.98. The number of sulfonamides is 1. The zero-order valence-corrected chi connectivity index (χ0v) is 7.93. The number of pyridine rings is 1. The van der Waals surface area contributed by atoms with Crippen LogP contribution in [-0.2, 0) is 10.0 Å². The van der Waals surface area contributed by atoms with E-state index in [-0.39, 0.29) is 34.6 Å². The van der Waals surface area contributed by atoms with Crippen molar-refractivity contribution in [2.75, 3.05) is 0 Å². The number of aryl methyl sites for hydroxylation is 1. The average Bonchev–Trinajstić information content (AvgIpc) is 1.83. The minimum atomic E-state index is -3.72. The fourth-order valence-electron chi connectivity index (χ4n) is 0.776. The van der Waals surface area contributed by atoms with Crippen molar-refractivity contribution < 1.29 is 12.5 Å². The SMILES string of the molecule is Cc1ccc(S(N)(=O)=O)[n+](Cl)c1.[NaH]. The van der Waals surface area contributed by atoms with E-state index in [1.165, 1.54) is 12.3 Å². The number of hydrogen-bond donors (Lipinski definition) is 1.